The molecule has 2 aromatic carbocycles. The first-order chi connectivity index (χ1) is 10.9. The maximum atomic E-state index is 10.6. The number of rotatable bonds is 3. The van der Waals surface area contributed by atoms with Gasteiger partial charge < -0.3 is 5.32 Å². The third kappa shape index (κ3) is 3.15. The summed E-state index contributed by atoms with van der Waals surface area (Å²) in [5.74, 6) is 0. The molecule has 0 aromatic heterocycles. The van der Waals surface area contributed by atoms with Gasteiger partial charge in [0.15, 0.2) is 0 Å². The summed E-state index contributed by atoms with van der Waals surface area (Å²) < 4.78 is 0. The van der Waals surface area contributed by atoms with E-state index >= 15 is 0 Å². The highest BCUT2D eigenvalue weighted by Gasteiger charge is 2.21. The summed E-state index contributed by atoms with van der Waals surface area (Å²) in [6.07, 6.45) is 0. The Kier molecular flexibility index (Phi) is 4.92. The number of benzene rings is 2. The van der Waals surface area contributed by atoms with Crippen LogP contribution in [0.15, 0.2) is 24.3 Å². The van der Waals surface area contributed by atoms with Crippen LogP contribution < -0.4 is 5.32 Å². The van der Waals surface area contributed by atoms with Crippen LogP contribution in [0.2, 0.25) is 15.1 Å². The first kappa shape index (κ1) is 16.9. The van der Waals surface area contributed by atoms with E-state index in [0.717, 1.165) is 0 Å². The van der Waals surface area contributed by atoms with Gasteiger partial charge in [-0.3, -0.25) is 10.1 Å². The molecule has 2 aromatic rings. The zero-order valence-electron chi connectivity index (χ0n) is 11.1. The molecule has 0 aliphatic heterocycles. The Bertz CT molecular complexity index is 883. The topological polar surface area (TPSA) is 83.3 Å². The highest BCUT2D eigenvalue weighted by Crippen LogP contribution is 2.46. The number of nitrogens with one attached hydrogen (secondary N) is 1. The Morgan fingerprint density at radius 1 is 1.17 bits per heavy atom. The number of nitro groups is 1. The summed E-state index contributed by atoms with van der Waals surface area (Å²) in [7, 11) is 0. The van der Waals surface area contributed by atoms with E-state index in [0.29, 0.717) is 5.69 Å². The quantitative estimate of drug-likeness (QED) is 0.325. The van der Waals surface area contributed by atoms with Crippen molar-refractivity contribution in [2.24, 2.45) is 0 Å². The lowest BCUT2D eigenvalue weighted by Gasteiger charge is -2.14. The van der Waals surface area contributed by atoms with Crippen LogP contribution >= 0.6 is 34.8 Å². The largest absolute Gasteiger partial charge is 0.353 e. The predicted molar refractivity (Wildman–Crippen MR) is 88.8 cm³/mol. The van der Waals surface area contributed by atoms with E-state index in [1.165, 1.54) is 24.3 Å². The van der Waals surface area contributed by atoms with Crippen LogP contribution in [-0.4, -0.2) is 4.92 Å². The summed E-state index contributed by atoms with van der Waals surface area (Å²) in [5, 5.41) is 22.5. The second-order valence-corrected chi connectivity index (χ2v) is 5.33. The van der Waals surface area contributed by atoms with Crippen LogP contribution in [0.4, 0.5) is 22.7 Å². The lowest BCUT2D eigenvalue weighted by Crippen LogP contribution is -1.97. The summed E-state index contributed by atoms with van der Waals surface area (Å²) in [6, 6.07) is 7.34. The Balaban J connectivity index is 2.54. The van der Waals surface area contributed by atoms with Gasteiger partial charge in [0.05, 0.1) is 37.8 Å². The van der Waals surface area contributed by atoms with Crippen LogP contribution in [-0.2, 0) is 0 Å². The number of non-ortho nitro benzene ring substituents is 1. The van der Waals surface area contributed by atoms with Gasteiger partial charge in [0, 0.05) is 17.8 Å². The van der Waals surface area contributed by atoms with Crippen molar-refractivity contribution >= 4 is 57.6 Å². The van der Waals surface area contributed by atoms with Crippen molar-refractivity contribution < 1.29 is 4.92 Å². The van der Waals surface area contributed by atoms with E-state index in [2.05, 4.69) is 10.2 Å². The standard InChI is InChI=1S/C14H5Cl3N4O2/c1-19-14-10(15)9(6-18)13(11(16)12(14)17)20-7-2-4-8(5-3-7)21(22)23/h2-5,20H. The van der Waals surface area contributed by atoms with Crippen molar-refractivity contribution in [2.75, 3.05) is 5.32 Å². The number of hydrogen-bond donors (Lipinski definition) is 1. The minimum Gasteiger partial charge on any atom is -0.353 e. The molecule has 0 heterocycles. The van der Waals surface area contributed by atoms with Gasteiger partial charge in [0.25, 0.3) is 5.69 Å². The third-order valence-corrected chi connectivity index (χ3v) is 4.08. The maximum absolute atomic E-state index is 10.6. The van der Waals surface area contributed by atoms with Gasteiger partial charge in [0.2, 0.25) is 5.69 Å². The van der Waals surface area contributed by atoms with Gasteiger partial charge in [-0.25, -0.2) is 4.85 Å². The van der Waals surface area contributed by atoms with Crippen LogP contribution in [0.25, 0.3) is 4.85 Å². The lowest BCUT2D eigenvalue weighted by molar-refractivity contribution is -0.384. The fourth-order valence-electron chi connectivity index (χ4n) is 1.78. The normalized spacial score (nSPS) is 9.78. The molecule has 0 radical (unpaired) electrons. The number of nitriles is 1. The molecule has 0 saturated carbocycles. The summed E-state index contributed by atoms with van der Waals surface area (Å²) in [6.45, 7) is 7.05. The van der Waals surface area contributed by atoms with Crippen molar-refractivity contribution in [3.8, 4) is 6.07 Å². The lowest BCUT2D eigenvalue weighted by atomic mass is 10.1. The highest BCUT2D eigenvalue weighted by molar-refractivity contribution is 6.48. The molecule has 0 saturated heterocycles. The van der Waals surface area contributed by atoms with E-state index in [1.807, 2.05) is 6.07 Å². The SMILES string of the molecule is [C-]#[N+]c1c(Cl)c(Cl)c(Nc2ccc([N+](=O)[O-])cc2)c(C#N)c1Cl. The fourth-order valence-corrected chi connectivity index (χ4v) is 2.56. The third-order valence-electron chi connectivity index (χ3n) is 2.87. The predicted octanol–water partition coefficient (Wildman–Crippen LogP) is 5.72. The Labute approximate surface area is 145 Å². The molecule has 23 heavy (non-hydrogen) atoms. The molecule has 0 unspecified atom stereocenters. The molecular formula is C14H5Cl3N4O2. The molecule has 1 N–H and O–H groups in total. The van der Waals surface area contributed by atoms with Crippen LogP contribution in [0.1, 0.15) is 5.56 Å². The molecule has 0 spiro atoms. The molecule has 0 aliphatic rings. The van der Waals surface area contributed by atoms with Gasteiger partial charge in [-0.15, -0.1) is 0 Å². The average molecular weight is 368 g/mol. The zero-order valence-corrected chi connectivity index (χ0v) is 13.4. The minimum atomic E-state index is -0.532. The molecule has 0 bridgehead atoms. The number of nitrogens with zero attached hydrogens (tertiary/aromatic N) is 3. The maximum Gasteiger partial charge on any atom is 0.269 e. The molecule has 0 aliphatic carbocycles. The Hall–Kier alpha value is -2.51. The van der Waals surface area contributed by atoms with Gasteiger partial charge >= 0.3 is 0 Å². The van der Waals surface area contributed by atoms with E-state index < -0.39 is 4.92 Å². The Morgan fingerprint density at radius 3 is 2.26 bits per heavy atom. The summed E-state index contributed by atoms with van der Waals surface area (Å²) in [4.78, 5) is 13.3. The van der Waals surface area contributed by atoms with Crippen molar-refractivity contribution in [1.29, 1.82) is 5.26 Å². The number of anilines is 2. The molecule has 6 nitrogen and oxygen atoms in total. The van der Waals surface area contributed by atoms with Gasteiger partial charge in [-0.1, -0.05) is 34.8 Å². The van der Waals surface area contributed by atoms with E-state index in [-0.39, 0.29) is 37.7 Å². The smallest absolute Gasteiger partial charge is 0.269 e. The first-order valence-corrected chi connectivity index (χ1v) is 7.03. The van der Waals surface area contributed by atoms with Crippen molar-refractivity contribution in [1.82, 2.24) is 0 Å². The molecule has 0 amide bonds. The van der Waals surface area contributed by atoms with Crippen molar-refractivity contribution in [3.63, 3.8) is 0 Å². The minimum absolute atomic E-state index is 0.0306. The molecule has 9 heteroatoms. The van der Waals surface area contributed by atoms with Crippen molar-refractivity contribution in [2.45, 2.75) is 0 Å². The molecule has 0 fully saturated rings. The second-order valence-electron chi connectivity index (χ2n) is 4.19. The molecule has 114 valence electrons. The highest BCUT2D eigenvalue weighted by atomic mass is 35.5. The monoisotopic (exact) mass is 366 g/mol. The first-order valence-electron chi connectivity index (χ1n) is 5.90. The van der Waals surface area contributed by atoms with E-state index in [4.69, 9.17) is 41.4 Å². The Morgan fingerprint density at radius 2 is 1.78 bits per heavy atom. The van der Waals surface area contributed by atoms with Crippen LogP contribution in [0, 0.1) is 28.0 Å². The zero-order chi connectivity index (χ0) is 17.1. The van der Waals surface area contributed by atoms with E-state index in [9.17, 15) is 15.4 Å². The van der Waals surface area contributed by atoms with Gasteiger partial charge in [-0.05, 0) is 12.1 Å². The second kappa shape index (κ2) is 6.72. The number of nitro benzene ring substituents is 1. The molecule has 2 rings (SSSR count). The molecule has 0 atom stereocenters. The van der Waals surface area contributed by atoms with Crippen LogP contribution in [0.3, 0.4) is 0 Å². The van der Waals surface area contributed by atoms with Gasteiger partial charge in [-0.2, -0.15) is 5.26 Å². The average Bonchev–Trinajstić information content (AvgIpc) is 2.54. The number of halogens is 3. The van der Waals surface area contributed by atoms with Crippen molar-refractivity contribution in [3.05, 3.63) is 66.4 Å². The molecular weight excluding hydrogens is 363 g/mol. The van der Waals surface area contributed by atoms with Gasteiger partial charge in [0.1, 0.15) is 6.07 Å². The van der Waals surface area contributed by atoms with Crippen LogP contribution in [0.5, 0.6) is 0 Å². The van der Waals surface area contributed by atoms with E-state index in [1.54, 1.807) is 0 Å². The summed E-state index contributed by atoms with van der Waals surface area (Å²) in [5.41, 5.74) is 0.346. The summed E-state index contributed by atoms with van der Waals surface area (Å²) >= 11 is 18.1. The fraction of sp³-hybridized carbons (Fsp3) is 0. The number of hydrogen-bond acceptors (Lipinski definition) is 4.